The number of hydrogen-bond acceptors (Lipinski definition) is 2. The lowest BCUT2D eigenvalue weighted by atomic mass is 9.68. The molecule has 0 radical (unpaired) electrons. The summed E-state index contributed by atoms with van der Waals surface area (Å²) in [6, 6.07) is 86.7. The van der Waals surface area contributed by atoms with Gasteiger partial charge in [-0.05, 0) is 151 Å². The SMILES string of the molecule is Cc1cccc(N(c2ccccc2)c2cc3c(c4ccccc24)C2(c4ccccc4-c4ccccc42)c2c-3c3ccccc3c3cc(N(c4ccccc4)c4cccc([Si](C)(C)C)c4)ccc23)c1. The van der Waals surface area contributed by atoms with Gasteiger partial charge in [-0.2, -0.15) is 0 Å². The average molecular weight is 887 g/mol. The van der Waals surface area contributed by atoms with Crippen molar-refractivity contribution in [1.29, 1.82) is 0 Å². The Morgan fingerprint density at radius 1 is 0.338 bits per heavy atom. The molecule has 0 saturated heterocycles. The normalized spacial score (nSPS) is 13.1. The third kappa shape index (κ3) is 5.89. The monoisotopic (exact) mass is 886 g/mol. The van der Waals surface area contributed by atoms with Crippen LogP contribution < -0.4 is 15.0 Å². The Labute approximate surface area is 400 Å². The first-order chi connectivity index (χ1) is 33.3. The van der Waals surface area contributed by atoms with Crippen LogP contribution in [0.15, 0.2) is 231 Å². The fraction of sp³-hybridized carbons (Fsp3) is 0.0769. The van der Waals surface area contributed by atoms with Crippen molar-refractivity contribution in [3.63, 3.8) is 0 Å². The fourth-order valence-electron chi connectivity index (χ4n) is 11.9. The van der Waals surface area contributed by atoms with E-state index >= 15 is 0 Å². The first-order valence-corrected chi connectivity index (χ1v) is 27.4. The summed E-state index contributed by atoms with van der Waals surface area (Å²) < 4.78 is 0. The molecule has 0 N–H and O–H groups in total. The molecule has 11 aromatic carbocycles. The van der Waals surface area contributed by atoms with Crippen LogP contribution in [0.4, 0.5) is 34.1 Å². The van der Waals surface area contributed by atoms with E-state index < -0.39 is 13.5 Å². The first-order valence-electron chi connectivity index (χ1n) is 23.9. The van der Waals surface area contributed by atoms with Crippen LogP contribution in [0.1, 0.15) is 27.8 Å². The van der Waals surface area contributed by atoms with Gasteiger partial charge in [0.25, 0.3) is 0 Å². The Bertz CT molecular complexity index is 3760. The minimum absolute atomic E-state index is 0.606. The number of aryl methyl sites for hydroxylation is 1. The van der Waals surface area contributed by atoms with Gasteiger partial charge in [-0.3, -0.25) is 0 Å². The second-order valence-corrected chi connectivity index (χ2v) is 24.8. The van der Waals surface area contributed by atoms with Crippen molar-refractivity contribution in [2.45, 2.75) is 32.0 Å². The molecule has 0 bridgehead atoms. The van der Waals surface area contributed by atoms with Crippen LogP contribution in [0, 0.1) is 6.92 Å². The average Bonchev–Trinajstić information content (AvgIpc) is 3.85. The van der Waals surface area contributed by atoms with Gasteiger partial charge in [0.05, 0.1) is 19.2 Å². The van der Waals surface area contributed by atoms with Crippen LogP contribution in [0.25, 0.3) is 54.6 Å². The third-order valence-electron chi connectivity index (χ3n) is 14.8. The van der Waals surface area contributed by atoms with Crippen LogP contribution in [-0.4, -0.2) is 8.07 Å². The molecule has 0 fully saturated rings. The number of rotatable bonds is 7. The largest absolute Gasteiger partial charge is 0.310 e. The molecule has 0 unspecified atom stereocenters. The number of anilines is 6. The highest BCUT2D eigenvalue weighted by molar-refractivity contribution is 6.88. The quantitative estimate of drug-likeness (QED) is 0.116. The zero-order valence-electron chi connectivity index (χ0n) is 38.8. The maximum atomic E-state index is 2.54. The maximum absolute atomic E-state index is 2.54. The van der Waals surface area contributed by atoms with Gasteiger partial charge in [-0.15, -0.1) is 0 Å². The lowest BCUT2D eigenvalue weighted by Gasteiger charge is -2.34. The van der Waals surface area contributed by atoms with E-state index in [1.54, 1.807) is 0 Å². The van der Waals surface area contributed by atoms with Crippen molar-refractivity contribution < 1.29 is 0 Å². The molecule has 0 amide bonds. The highest BCUT2D eigenvalue weighted by Crippen LogP contribution is 2.67. The molecule has 2 aliphatic carbocycles. The Hall–Kier alpha value is -7.98. The molecule has 2 nitrogen and oxygen atoms in total. The molecule has 13 rings (SSSR count). The second kappa shape index (κ2) is 15.3. The van der Waals surface area contributed by atoms with Crippen molar-refractivity contribution in [3.05, 3.63) is 258 Å². The van der Waals surface area contributed by atoms with Crippen molar-refractivity contribution >= 4 is 79.7 Å². The molecule has 1 spiro atoms. The van der Waals surface area contributed by atoms with Crippen molar-refractivity contribution in [3.8, 4) is 22.3 Å². The zero-order valence-corrected chi connectivity index (χ0v) is 39.8. The van der Waals surface area contributed by atoms with E-state index in [0.717, 1.165) is 28.4 Å². The first kappa shape index (κ1) is 40.3. The van der Waals surface area contributed by atoms with Crippen molar-refractivity contribution in [2.75, 3.05) is 9.80 Å². The second-order valence-electron chi connectivity index (χ2n) is 19.7. The molecule has 324 valence electrons. The summed E-state index contributed by atoms with van der Waals surface area (Å²) in [7, 11) is -1.61. The topological polar surface area (TPSA) is 6.48 Å². The van der Waals surface area contributed by atoms with E-state index in [1.807, 2.05) is 0 Å². The van der Waals surface area contributed by atoms with Crippen LogP contribution in [0.3, 0.4) is 0 Å². The van der Waals surface area contributed by atoms with E-state index in [1.165, 1.54) is 93.3 Å². The van der Waals surface area contributed by atoms with Gasteiger partial charge in [0.1, 0.15) is 0 Å². The molecular weight excluding hydrogens is 837 g/mol. The Balaban J connectivity index is 1.18. The summed E-state index contributed by atoms with van der Waals surface area (Å²) in [6.45, 7) is 9.49. The third-order valence-corrected chi connectivity index (χ3v) is 16.8. The number of benzene rings is 11. The van der Waals surface area contributed by atoms with Gasteiger partial charge in [0.2, 0.25) is 0 Å². The van der Waals surface area contributed by atoms with Crippen LogP contribution in [0.2, 0.25) is 19.6 Å². The number of para-hydroxylation sites is 2. The van der Waals surface area contributed by atoms with Gasteiger partial charge < -0.3 is 9.80 Å². The predicted molar refractivity (Wildman–Crippen MR) is 292 cm³/mol. The van der Waals surface area contributed by atoms with Gasteiger partial charge in [-0.25, -0.2) is 0 Å². The number of hydrogen-bond donors (Lipinski definition) is 0. The molecule has 0 heterocycles. The summed E-state index contributed by atoms with van der Waals surface area (Å²) >= 11 is 0. The summed E-state index contributed by atoms with van der Waals surface area (Å²) in [6.07, 6.45) is 0. The van der Waals surface area contributed by atoms with Crippen molar-refractivity contribution in [2.24, 2.45) is 0 Å². The Morgan fingerprint density at radius 2 is 0.853 bits per heavy atom. The standard InChI is InChI=1S/C65H50N2Si/c1-43-21-19-26-46(39-43)67(45-24-9-6-10-25-45)61-42-58-62-54-33-13-11-29-50(54)57-41-48(66(44-22-7-5-8-23-44)47-27-20-28-49(40-47)68(2,3)4)37-38-56(57)64(62)65(63(58)55-34-14-12-32-53(55)61)59-35-17-15-30-51(59)52-31-16-18-36-60(52)65/h5-42H,1-4H3. The Morgan fingerprint density at radius 3 is 1.51 bits per heavy atom. The van der Waals surface area contributed by atoms with E-state index in [4.69, 9.17) is 0 Å². The molecular formula is C65H50N2Si. The van der Waals surface area contributed by atoms with Crippen LogP contribution in [-0.2, 0) is 5.41 Å². The van der Waals surface area contributed by atoms with Gasteiger partial charge in [-0.1, -0.05) is 189 Å². The van der Waals surface area contributed by atoms with Crippen molar-refractivity contribution in [1.82, 2.24) is 0 Å². The van der Waals surface area contributed by atoms with E-state index in [-0.39, 0.29) is 0 Å². The molecule has 0 aliphatic heterocycles. The Kier molecular flexibility index (Phi) is 9.06. The number of nitrogens with zero attached hydrogens (tertiary/aromatic N) is 2. The molecule has 68 heavy (non-hydrogen) atoms. The molecule has 3 heteroatoms. The summed E-state index contributed by atoms with van der Waals surface area (Å²) in [5.41, 5.74) is 18.1. The summed E-state index contributed by atoms with van der Waals surface area (Å²) in [5.74, 6) is 0. The molecule has 0 atom stereocenters. The van der Waals surface area contributed by atoms with Gasteiger partial charge >= 0.3 is 0 Å². The van der Waals surface area contributed by atoms with Gasteiger partial charge in [0, 0.05) is 33.8 Å². The van der Waals surface area contributed by atoms with Crippen LogP contribution in [0.5, 0.6) is 0 Å². The summed E-state index contributed by atoms with van der Waals surface area (Å²) in [5, 5.41) is 8.98. The van der Waals surface area contributed by atoms with E-state index in [2.05, 4.69) is 267 Å². The van der Waals surface area contributed by atoms with Gasteiger partial charge in [0.15, 0.2) is 0 Å². The lowest BCUT2D eigenvalue weighted by Crippen LogP contribution is -2.37. The zero-order chi connectivity index (χ0) is 45.7. The minimum atomic E-state index is -1.61. The van der Waals surface area contributed by atoms with E-state index in [0.29, 0.717) is 0 Å². The molecule has 0 aromatic heterocycles. The molecule has 2 aliphatic rings. The minimum Gasteiger partial charge on any atom is -0.310 e. The predicted octanol–water partition coefficient (Wildman–Crippen LogP) is 17.3. The maximum Gasteiger partial charge on any atom is 0.0776 e. The molecule has 11 aromatic rings. The summed E-state index contributed by atoms with van der Waals surface area (Å²) in [4.78, 5) is 4.93. The smallest absolute Gasteiger partial charge is 0.0776 e. The fourth-order valence-corrected chi connectivity index (χ4v) is 13.1. The lowest BCUT2D eigenvalue weighted by molar-refractivity contribution is 0.809. The highest BCUT2D eigenvalue weighted by atomic mass is 28.3. The number of fused-ring (bicyclic) bond motifs is 17. The van der Waals surface area contributed by atoms with Crippen LogP contribution >= 0.6 is 0 Å². The molecule has 0 saturated carbocycles. The highest BCUT2D eigenvalue weighted by Gasteiger charge is 2.54. The van der Waals surface area contributed by atoms with E-state index in [9.17, 15) is 0 Å².